The predicted molar refractivity (Wildman–Crippen MR) is 85.4 cm³/mol. The second-order valence-corrected chi connectivity index (χ2v) is 5.53. The monoisotopic (exact) mass is 283 g/mol. The molecule has 0 unspecified atom stereocenters. The van der Waals surface area contributed by atoms with Gasteiger partial charge in [0.1, 0.15) is 0 Å². The summed E-state index contributed by atoms with van der Waals surface area (Å²) in [5, 5.41) is 4.16. The Hall–Kier alpha value is -2.23. The van der Waals surface area contributed by atoms with Crippen LogP contribution in [0.4, 0.5) is 4.79 Å². The van der Waals surface area contributed by atoms with Crippen molar-refractivity contribution in [2.24, 2.45) is 0 Å². The lowest BCUT2D eigenvalue weighted by molar-refractivity contribution is 0.182. The van der Waals surface area contributed by atoms with Gasteiger partial charge in [-0.05, 0) is 30.4 Å². The van der Waals surface area contributed by atoms with Crippen molar-refractivity contribution in [3.63, 3.8) is 0 Å². The Morgan fingerprint density at radius 1 is 1.38 bits per heavy atom. The maximum atomic E-state index is 11.9. The summed E-state index contributed by atoms with van der Waals surface area (Å²) in [5.41, 5.74) is 2.58. The maximum absolute atomic E-state index is 11.9. The van der Waals surface area contributed by atoms with Gasteiger partial charge in [0, 0.05) is 36.7 Å². The third kappa shape index (κ3) is 2.79. The van der Waals surface area contributed by atoms with Gasteiger partial charge in [0.25, 0.3) is 0 Å². The van der Waals surface area contributed by atoms with Crippen LogP contribution < -0.4 is 5.32 Å². The van der Waals surface area contributed by atoms with Crippen LogP contribution in [-0.2, 0) is 0 Å². The van der Waals surface area contributed by atoms with Crippen LogP contribution in [0.3, 0.4) is 0 Å². The molecule has 1 fully saturated rings. The van der Waals surface area contributed by atoms with E-state index in [9.17, 15) is 4.79 Å². The van der Waals surface area contributed by atoms with Crippen molar-refractivity contribution < 1.29 is 4.79 Å². The van der Waals surface area contributed by atoms with E-state index in [1.165, 1.54) is 16.5 Å². The van der Waals surface area contributed by atoms with E-state index in [1.807, 2.05) is 4.90 Å². The van der Waals surface area contributed by atoms with Gasteiger partial charge in [-0.2, -0.15) is 0 Å². The second kappa shape index (κ2) is 6.04. The average molecular weight is 283 g/mol. The van der Waals surface area contributed by atoms with E-state index in [0.717, 1.165) is 25.9 Å². The van der Waals surface area contributed by atoms with Crippen molar-refractivity contribution in [1.82, 2.24) is 15.2 Å². The number of benzene rings is 1. The summed E-state index contributed by atoms with van der Waals surface area (Å²) in [6.07, 6.45) is 5.87. The fraction of sp³-hybridized carbons (Fsp3) is 0.353. The summed E-state index contributed by atoms with van der Waals surface area (Å²) >= 11 is 0. The number of para-hydroxylation sites is 1. The molecule has 1 aromatic carbocycles. The number of aromatic nitrogens is 1. The minimum absolute atomic E-state index is 0.0206. The van der Waals surface area contributed by atoms with Crippen molar-refractivity contribution in [2.45, 2.75) is 18.8 Å². The number of rotatable bonds is 3. The molecule has 0 saturated carbocycles. The molecule has 4 nitrogen and oxygen atoms in total. The van der Waals surface area contributed by atoms with Crippen LogP contribution >= 0.6 is 0 Å². The number of piperidine rings is 1. The molecule has 1 aromatic heterocycles. The van der Waals surface area contributed by atoms with Gasteiger partial charge in [0.05, 0.1) is 0 Å². The van der Waals surface area contributed by atoms with Crippen molar-refractivity contribution in [1.29, 1.82) is 0 Å². The van der Waals surface area contributed by atoms with Gasteiger partial charge in [-0.15, -0.1) is 6.58 Å². The molecule has 0 spiro atoms. The number of fused-ring (bicyclic) bond motifs is 1. The van der Waals surface area contributed by atoms with E-state index in [2.05, 4.69) is 47.3 Å². The molecule has 0 radical (unpaired) electrons. The molecule has 110 valence electrons. The maximum Gasteiger partial charge on any atom is 0.317 e. The second-order valence-electron chi connectivity index (χ2n) is 5.53. The fourth-order valence-electron chi connectivity index (χ4n) is 3.10. The molecule has 2 N–H and O–H groups in total. The third-order valence-electron chi connectivity index (χ3n) is 4.24. The number of nitrogens with zero attached hydrogens (tertiary/aromatic N) is 1. The molecule has 1 saturated heterocycles. The molecule has 2 aromatic rings. The van der Waals surface area contributed by atoms with Crippen LogP contribution in [0.25, 0.3) is 10.9 Å². The SMILES string of the molecule is C=CCNC(=O)N1CCC(c2c[nH]c3ccccc23)CC1. The highest BCUT2D eigenvalue weighted by Crippen LogP contribution is 2.32. The van der Waals surface area contributed by atoms with Gasteiger partial charge in [-0.25, -0.2) is 4.79 Å². The van der Waals surface area contributed by atoms with Crippen LogP contribution in [0.15, 0.2) is 43.1 Å². The first kappa shape index (κ1) is 13.7. The van der Waals surface area contributed by atoms with Crippen molar-refractivity contribution in [3.8, 4) is 0 Å². The highest BCUT2D eigenvalue weighted by Gasteiger charge is 2.24. The van der Waals surface area contributed by atoms with Crippen LogP contribution in [0.5, 0.6) is 0 Å². The highest BCUT2D eigenvalue weighted by atomic mass is 16.2. The summed E-state index contributed by atoms with van der Waals surface area (Å²) in [7, 11) is 0. The Bertz CT molecular complexity index is 638. The third-order valence-corrected chi connectivity index (χ3v) is 4.24. The van der Waals surface area contributed by atoms with E-state index in [4.69, 9.17) is 0 Å². The normalized spacial score (nSPS) is 16.1. The summed E-state index contributed by atoms with van der Waals surface area (Å²) in [4.78, 5) is 17.2. The van der Waals surface area contributed by atoms with Crippen LogP contribution in [0.1, 0.15) is 24.3 Å². The lowest BCUT2D eigenvalue weighted by atomic mass is 9.89. The zero-order valence-corrected chi connectivity index (χ0v) is 12.1. The summed E-state index contributed by atoms with van der Waals surface area (Å²) in [6, 6.07) is 8.43. The molecule has 2 heterocycles. The van der Waals surface area contributed by atoms with Gasteiger partial charge in [0.2, 0.25) is 0 Å². The molecule has 4 heteroatoms. The number of aromatic amines is 1. The van der Waals surface area contributed by atoms with E-state index in [1.54, 1.807) is 6.08 Å². The Kier molecular flexibility index (Phi) is 3.95. The smallest absolute Gasteiger partial charge is 0.317 e. The van der Waals surface area contributed by atoms with E-state index < -0.39 is 0 Å². The molecule has 0 aliphatic carbocycles. The summed E-state index contributed by atoms with van der Waals surface area (Å²) in [5.74, 6) is 0.532. The highest BCUT2D eigenvalue weighted by molar-refractivity contribution is 5.83. The van der Waals surface area contributed by atoms with Gasteiger partial charge in [0.15, 0.2) is 0 Å². The predicted octanol–water partition coefficient (Wildman–Crippen LogP) is 3.24. The number of urea groups is 1. The van der Waals surface area contributed by atoms with Gasteiger partial charge in [-0.1, -0.05) is 24.3 Å². The first-order valence-corrected chi connectivity index (χ1v) is 7.49. The van der Waals surface area contributed by atoms with Gasteiger partial charge in [-0.3, -0.25) is 0 Å². The zero-order chi connectivity index (χ0) is 14.7. The number of nitrogens with one attached hydrogen (secondary N) is 2. The number of carbonyl (C=O) groups excluding carboxylic acids is 1. The molecule has 0 atom stereocenters. The lowest BCUT2D eigenvalue weighted by Crippen LogP contribution is -2.44. The molecular formula is C17H21N3O. The topological polar surface area (TPSA) is 48.1 Å². The van der Waals surface area contributed by atoms with Crippen LogP contribution in [0.2, 0.25) is 0 Å². The van der Waals surface area contributed by atoms with E-state index >= 15 is 0 Å². The fourth-order valence-corrected chi connectivity index (χ4v) is 3.10. The standard InChI is InChI=1S/C17H21N3O/c1-2-9-18-17(21)20-10-7-13(8-11-20)15-12-19-16-6-4-3-5-14(15)16/h2-6,12-13,19H,1,7-11H2,(H,18,21). The number of likely N-dealkylation sites (tertiary alicyclic amines) is 1. The van der Waals surface area contributed by atoms with E-state index in [0.29, 0.717) is 12.5 Å². The number of carbonyl (C=O) groups is 1. The van der Waals surface area contributed by atoms with Gasteiger partial charge >= 0.3 is 6.03 Å². The molecule has 1 aliphatic heterocycles. The lowest BCUT2D eigenvalue weighted by Gasteiger charge is -2.32. The average Bonchev–Trinajstić information content (AvgIpc) is 2.97. The minimum Gasteiger partial charge on any atom is -0.361 e. The van der Waals surface area contributed by atoms with Crippen molar-refractivity contribution in [2.75, 3.05) is 19.6 Å². The molecule has 0 bridgehead atoms. The number of H-pyrrole nitrogens is 1. The molecule has 21 heavy (non-hydrogen) atoms. The van der Waals surface area contributed by atoms with Crippen LogP contribution in [-0.4, -0.2) is 35.5 Å². The first-order valence-electron chi connectivity index (χ1n) is 7.49. The molecule has 1 aliphatic rings. The van der Waals surface area contributed by atoms with Crippen molar-refractivity contribution >= 4 is 16.9 Å². The Balaban J connectivity index is 1.66. The van der Waals surface area contributed by atoms with Crippen LogP contribution in [0, 0.1) is 0 Å². The van der Waals surface area contributed by atoms with Gasteiger partial charge < -0.3 is 15.2 Å². The quantitative estimate of drug-likeness (QED) is 0.835. The first-order chi connectivity index (χ1) is 10.3. The molecular weight excluding hydrogens is 262 g/mol. The molecule has 3 rings (SSSR count). The Morgan fingerprint density at radius 3 is 2.90 bits per heavy atom. The Morgan fingerprint density at radius 2 is 2.14 bits per heavy atom. The largest absolute Gasteiger partial charge is 0.361 e. The minimum atomic E-state index is 0.0206. The summed E-state index contributed by atoms with van der Waals surface area (Å²) < 4.78 is 0. The van der Waals surface area contributed by atoms with E-state index in [-0.39, 0.29) is 6.03 Å². The van der Waals surface area contributed by atoms with Crippen molar-refractivity contribution in [3.05, 3.63) is 48.7 Å². The number of hydrogen-bond donors (Lipinski definition) is 2. The number of hydrogen-bond acceptors (Lipinski definition) is 1. The number of amides is 2. The summed E-state index contributed by atoms with van der Waals surface area (Å²) in [6.45, 7) is 5.77. The molecule has 2 amide bonds. The Labute approximate surface area is 124 Å². The zero-order valence-electron chi connectivity index (χ0n) is 12.1.